The van der Waals surface area contributed by atoms with Gasteiger partial charge in [0.25, 0.3) is 0 Å². The number of aliphatic hydroxyl groups is 1. The quantitative estimate of drug-likeness (QED) is 0.315. The van der Waals surface area contributed by atoms with Crippen LogP contribution in [0, 0.1) is 0 Å². The maximum absolute atomic E-state index is 9.37. The molecule has 0 bridgehead atoms. The zero-order valence-electron chi connectivity index (χ0n) is 5.26. The Morgan fingerprint density at radius 1 is 1.78 bits per heavy atom. The van der Waals surface area contributed by atoms with Gasteiger partial charge in [-0.15, -0.1) is 0 Å². The van der Waals surface area contributed by atoms with Crippen molar-refractivity contribution in [3.63, 3.8) is 0 Å². The first-order valence-corrected chi connectivity index (χ1v) is 5.78. The normalized spacial score (nSPS) is 35.8. The summed E-state index contributed by atoms with van der Waals surface area (Å²) >= 11 is -0.285. The summed E-state index contributed by atoms with van der Waals surface area (Å²) in [5, 5.41) is 9.37. The Kier molecular flexibility index (Phi) is 2.69. The van der Waals surface area contributed by atoms with E-state index in [1.165, 1.54) is 0 Å². The van der Waals surface area contributed by atoms with E-state index in [9.17, 15) is 5.11 Å². The van der Waals surface area contributed by atoms with Crippen molar-refractivity contribution in [1.82, 2.24) is 0 Å². The number of ether oxygens (including phenoxy) is 1. The molecule has 1 rings (SSSR count). The molecule has 1 fully saturated rings. The molecule has 9 heavy (non-hydrogen) atoms. The molecule has 56 valence electrons. The summed E-state index contributed by atoms with van der Waals surface area (Å²) in [6, 6.07) is 0. The van der Waals surface area contributed by atoms with Gasteiger partial charge in [0.2, 0.25) is 0 Å². The van der Waals surface area contributed by atoms with Gasteiger partial charge >= 0.3 is 64.9 Å². The van der Waals surface area contributed by atoms with E-state index in [1.54, 1.807) is 0 Å². The van der Waals surface area contributed by atoms with E-state index in [-0.39, 0.29) is 21.6 Å². The number of hydrogen-bond donors (Lipinski definition) is 1. The first-order chi connectivity index (χ1) is 4.27. The SMILES string of the molecule is C[I-]OC1(O)CCOC1. The molecule has 0 aromatic rings. The maximum atomic E-state index is 9.37. The molecule has 0 aliphatic carbocycles. The predicted octanol–water partition coefficient (Wildman–Crippen LogP) is -3.25. The fourth-order valence-corrected chi connectivity index (χ4v) is 1.91. The van der Waals surface area contributed by atoms with Crippen molar-refractivity contribution >= 4 is 0 Å². The summed E-state index contributed by atoms with van der Waals surface area (Å²) in [6.07, 6.45) is 0.626. The van der Waals surface area contributed by atoms with Gasteiger partial charge in [0.15, 0.2) is 0 Å². The van der Waals surface area contributed by atoms with Crippen LogP contribution < -0.4 is 21.6 Å². The van der Waals surface area contributed by atoms with Crippen molar-refractivity contribution < 1.29 is 34.5 Å². The second-order valence-corrected chi connectivity index (χ2v) is 3.30. The van der Waals surface area contributed by atoms with Crippen LogP contribution in [0.3, 0.4) is 0 Å². The molecule has 3 nitrogen and oxygen atoms in total. The Morgan fingerprint density at radius 3 is 3.00 bits per heavy atom. The first-order valence-electron chi connectivity index (χ1n) is 2.74. The van der Waals surface area contributed by atoms with Crippen molar-refractivity contribution in [2.45, 2.75) is 12.2 Å². The van der Waals surface area contributed by atoms with Crippen molar-refractivity contribution in [1.29, 1.82) is 0 Å². The Hall–Kier alpha value is 0.610. The molecule has 1 unspecified atom stereocenters. The molecule has 0 spiro atoms. The summed E-state index contributed by atoms with van der Waals surface area (Å²) in [7, 11) is 0. The second kappa shape index (κ2) is 3.14. The molecule has 1 saturated heterocycles. The Bertz CT molecular complexity index is 90.2. The zero-order valence-corrected chi connectivity index (χ0v) is 7.42. The zero-order chi connectivity index (χ0) is 6.74. The minimum absolute atomic E-state index is 0.285. The van der Waals surface area contributed by atoms with Crippen molar-refractivity contribution in [3.8, 4) is 0 Å². The van der Waals surface area contributed by atoms with Crippen LogP contribution in [0.4, 0.5) is 0 Å². The second-order valence-electron chi connectivity index (χ2n) is 1.98. The number of alkyl halides is 1. The van der Waals surface area contributed by atoms with Crippen LogP contribution in [-0.4, -0.2) is 29.0 Å². The third kappa shape index (κ3) is 2.03. The van der Waals surface area contributed by atoms with Crippen LogP contribution in [0.25, 0.3) is 0 Å². The monoisotopic (exact) mass is 245 g/mol. The molecule has 0 aromatic heterocycles. The van der Waals surface area contributed by atoms with Crippen LogP contribution >= 0.6 is 0 Å². The van der Waals surface area contributed by atoms with Gasteiger partial charge in [-0.3, -0.25) is 0 Å². The van der Waals surface area contributed by atoms with Crippen LogP contribution in [0.1, 0.15) is 6.42 Å². The Morgan fingerprint density at radius 2 is 2.56 bits per heavy atom. The minimum atomic E-state index is -0.929. The van der Waals surface area contributed by atoms with E-state index in [0.29, 0.717) is 19.6 Å². The third-order valence-corrected chi connectivity index (χ3v) is 2.45. The molecular formula is C5H10IO3-. The molecule has 1 heterocycles. The fourth-order valence-electron chi connectivity index (χ4n) is 0.740. The average molecular weight is 245 g/mol. The molecule has 0 aromatic carbocycles. The summed E-state index contributed by atoms with van der Waals surface area (Å²) < 4.78 is 10.1. The number of rotatable bonds is 2. The molecule has 1 aliphatic rings. The number of hydrogen-bond acceptors (Lipinski definition) is 3. The van der Waals surface area contributed by atoms with E-state index in [1.807, 2.05) is 4.93 Å². The van der Waals surface area contributed by atoms with E-state index in [2.05, 4.69) is 0 Å². The summed E-state index contributed by atoms with van der Waals surface area (Å²) in [4.78, 5) is 1.97. The van der Waals surface area contributed by atoms with Crippen LogP contribution in [0.5, 0.6) is 0 Å². The summed E-state index contributed by atoms with van der Waals surface area (Å²) in [5.41, 5.74) is 0. The van der Waals surface area contributed by atoms with Gasteiger partial charge in [-0.2, -0.15) is 0 Å². The Balaban J connectivity index is 2.32. The summed E-state index contributed by atoms with van der Waals surface area (Å²) in [6.45, 7) is 0.973. The van der Waals surface area contributed by atoms with Crippen LogP contribution in [0.2, 0.25) is 0 Å². The van der Waals surface area contributed by atoms with Crippen LogP contribution in [0.15, 0.2) is 0 Å². The molecule has 1 aliphatic heterocycles. The fraction of sp³-hybridized carbons (Fsp3) is 1.00. The molecule has 1 N–H and O–H groups in total. The molecule has 1 atom stereocenters. The molecule has 0 amide bonds. The van der Waals surface area contributed by atoms with Gasteiger partial charge in [0, 0.05) is 0 Å². The van der Waals surface area contributed by atoms with Gasteiger partial charge in [-0.25, -0.2) is 0 Å². The van der Waals surface area contributed by atoms with Crippen LogP contribution in [-0.2, 0) is 7.80 Å². The molecule has 0 saturated carbocycles. The van der Waals surface area contributed by atoms with Gasteiger partial charge in [-0.1, -0.05) is 0 Å². The van der Waals surface area contributed by atoms with E-state index in [0.717, 1.165) is 0 Å². The van der Waals surface area contributed by atoms with E-state index >= 15 is 0 Å². The predicted molar refractivity (Wildman–Crippen MR) is 27.4 cm³/mol. The Labute approximate surface area is 65.2 Å². The molecule has 0 radical (unpaired) electrons. The van der Waals surface area contributed by atoms with Gasteiger partial charge in [-0.05, 0) is 0 Å². The van der Waals surface area contributed by atoms with E-state index in [4.69, 9.17) is 7.80 Å². The van der Waals surface area contributed by atoms with Crippen molar-refractivity contribution in [3.05, 3.63) is 0 Å². The van der Waals surface area contributed by atoms with E-state index < -0.39 is 5.79 Å². The first kappa shape index (κ1) is 7.71. The summed E-state index contributed by atoms with van der Waals surface area (Å²) in [5.74, 6) is -0.929. The van der Waals surface area contributed by atoms with Gasteiger partial charge in [0.1, 0.15) is 0 Å². The van der Waals surface area contributed by atoms with Gasteiger partial charge < -0.3 is 0 Å². The molecule has 4 heteroatoms. The van der Waals surface area contributed by atoms with Crippen molar-refractivity contribution in [2.75, 3.05) is 18.1 Å². The molecular weight excluding hydrogens is 235 g/mol. The van der Waals surface area contributed by atoms with Gasteiger partial charge in [0.05, 0.1) is 0 Å². The average Bonchev–Trinajstić information content (AvgIpc) is 2.16. The topological polar surface area (TPSA) is 38.7 Å². The third-order valence-electron chi connectivity index (χ3n) is 1.19. The standard InChI is InChI=1S/C5H10IO3/c1-6-9-5(7)2-3-8-4-5/h7H,2-4H2,1H3/q-1. The number of halogens is 1. The van der Waals surface area contributed by atoms with Crippen molar-refractivity contribution in [2.24, 2.45) is 0 Å².